The van der Waals surface area contributed by atoms with E-state index in [1.165, 1.54) is 0 Å². The van der Waals surface area contributed by atoms with Crippen molar-refractivity contribution in [1.82, 2.24) is 5.16 Å². The molecule has 1 heterocycles. The molecular formula is C7H7ClN2O2. The van der Waals surface area contributed by atoms with Crippen LogP contribution in [0.2, 0.25) is 0 Å². The normalized spacial score (nSPS) is 9.67. The fourth-order valence-corrected chi connectivity index (χ4v) is 0.970. The lowest BCUT2D eigenvalue weighted by Crippen LogP contribution is -1.96. The maximum absolute atomic E-state index is 10.9. The predicted molar refractivity (Wildman–Crippen MR) is 48.5 cm³/mol. The summed E-state index contributed by atoms with van der Waals surface area (Å²) in [6, 6.07) is 4.92. The molecule has 0 aliphatic heterocycles. The van der Waals surface area contributed by atoms with Crippen LogP contribution in [0.3, 0.4) is 0 Å². The van der Waals surface area contributed by atoms with Gasteiger partial charge in [-0.3, -0.25) is 4.79 Å². The summed E-state index contributed by atoms with van der Waals surface area (Å²) in [7, 11) is 0. The lowest BCUT2D eigenvalue weighted by atomic mass is 10.2. The molecule has 0 saturated carbocycles. The van der Waals surface area contributed by atoms with Crippen molar-refractivity contribution in [1.29, 1.82) is 0 Å². The Kier molecular flexibility index (Phi) is 2.10. The van der Waals surface area contributed by atoms with E-state index in [-0.39, 0.29) is 18.0 Å². The second kappa shape index (κ2) is 2.91. The van der Waals surface area contributed by atoms with Gasteiger partial charge >= 0.3 is 0 Å². The number of aromatic nitrogens is 1. The van der Waals surface area contributed by atoms with E-state index in [0.29, 0.717) is 16.7 Å². The van der Waals surface area contributed by atoms with E-state index in [1.807, 2.05) is 0 Å². The van der Waals surface area contributed by atoms with Crippen LogP contribution in [0.1, 0.15) is 0 Å². The Morgan fingerprint density at radius 3 is 2.92 bits per heavy atom. The van der Waals surface area contributed by atoms with Crippen LogP contribution in [0, 0.1) is 0 Å². The van der Waals surface area contributed by atoms with E-state index < -0.39 is 0 Å². The first-order valence-electron chi connectivity index (χ1n) is 3.14. The first kappa shape index (κ1) is 8.67. The SMILES string of the molecule is Cl.Nc1ccc2o[nH]c(=O)c2c1. The van der Waals surface area contributed by atoms with Crippen LogP contribution in [-0.4, -0.2) is 5.16 Å². The number of hydrogen-bond acceptors (Lipinski definition) is 3. The van der Waals surface area contributed by atoms with Crippen LogP contribution in [-0.2, 0) is 0 Å². The van der Waals surface area contributed by atoms with Gasteiger partial charge in [0.05, 0.1) is 5.39 Å². The number of halogens is 1. The smallest absolute Gasteiger partial charge is 0.287 e. The highest BCUT2D eigenvalue weighted by molar-refractivity contribution is 5.85. The molecule has 0 fully saturated rings. The number of hydrogen-bond donors (Lipinski definition) is 2. The zero-order valence-electron chi connectivity index (χ0n) is 6.03. The number of nitrogens with two attached hydrogens (primary N) is 1. The maximum atomic E-state index is 10.9. The van der Waals surface area contributed by atoms with Crippen molar-refractivity contribution in [2.75, 3.05) is 5.73 Å². The number of nitrogens with one attached hydrogen (secondary N) is 1. The summed E-state index contributed by atoms with van der Waals surface area (Å²) < 4.78 is 4.81. The van der Waals surface area contributed by atoms with Crippen LogP contribution in [0.15, 0.2) is 27.5 Å². The number of aromatic amines is 1. The molecule has 4 nitrogen and oxygen atoms in total. The highest BCUT2D eigenvalue weighted by atomic mass is 35.5. The van der Waals surface area contributed by atoms with Crippen LogP contribution in [0.5, 0.6) is 0 Å². The van der Waals surface area contributed by atoms with Crippen molar-refractivity contribution in [2.24, 2.45) is 0 Å². The minimum atomic E-state index is -0.243. The molecule has 0 saturated heterocycles. The fraction of sp³-hybridized carbons (Fsp3) is 0. The molecule has 3 N–H and O–H groups in total. The lowest BCUT2D eigenvalue weighted by Gasteiger charge is -1.87. The standard InChI is InChI=1S/C7H6N2O2.ClH/c8-4-1-2-6-5(3-4)7(10)9-11-6;/h1-3H,8H2,(H,9,10);1H. The Morgan fingerprint density at radius 2 is 2.17 bits per heavy atom. The van der Waals surface area contributed by atoms with Gasteiger partial charge in [-0.25, -0.2) is 0 Å². The van der Waals surface area contributed by atoms with E-state index in [0.717, 1.165) is 0 Å². The molecular weight excluding hydrogens is 180 g/mol. The largest absolute Gasteiger partial charge is 0.399 e. The molecule has 5 heteroatoms. The van der Waals surface area contributed by atoms with E-state index in [9.17, 15) is 4.79 Å². The topological polar surface area (TPSA) is 72.0 Å². The number of rotatable bonds is 0. The zero-order valence-corrected chi connectivity index (χ0v) is 6.85. The Hall–Kier alpha value is -1.42. The molecule has 64 valence electrons. The molecule has 0 bridgehead atoms. The number of nitrogen functional groups attached to an aromatic ring is 1. The summed E-state index contributed by atoms with van der Waals surface area (Å²) in [6.07, 6.45) is 0. The van der Waals surface area contributed by atoms with E-state index in [4.69, 9.17) is 10.3 Å². The van der Waals surface area contributed by atoms with Gasteiger partial charge < -0.3 is 10.3 Å². The number of fused-ring (bicyclic) bond motifs is 1. The number of benzene rings is 1. The Bertz CT molecular complexity index is 446. The van der Waals surface area contributed by atoms with Gasteiger partial charge in [0.1, 0.15) is 0 Å². The maximum Gasteiger partial charge on any atom is 0.287 e. The van der Waals surface area contributed by atoms with E-state index in [2.05, 4.69) is 5.16 Å². The van der Waals surface area contributed by atoms with Gasteiger partial charge in [-0.05, 0) is 18.2 Å². The third-order valence-electron chi connectivity index (χ3n) is 1.50. The van der Waals surface area contributed by atoms with Crippen molar-refractivity contribution in [2.45, 2.75) is 0 Å². The monoisotopic (exact) mass is 186 g/mol. The summed E-state index contributed by atoms with van der Waals surface area (Å²) in [5.41, 5.74) is 6.31. The van der Waals surface area contributed by atoms with Crippen molar-refractivity contribution >= 4 is 29.1 Å². The van der Waals surface area contributed by atoms with Gasteiger partial charge in [0.25, 0.3) is 5.56 Å². The Morgan fingerprint density at radius 1 is 1.42 bits per heavy atom. The van der Waals surface area contributed by atoms with Gasteiger partial charge in [0.15, 0.2) is 5.58 Å². The van der Waals surface area contributed by atoms with Crippen LogP contribution < -0.4 is 11.3 Å². The molecule has 0 unspecified atom stereocenters. The summed E-state index contributed by atoms with van der Waals surface area (Å²) in [6.45, 7) is 0. The second-order valence-corrected chi connectivity index (χ2v) is 2.29. The molecule has 2 rings (SSSR count). The van der Waals surface area contributed by atoms with Crippen molar-refractivity contribution in [3.8, 4) is 0 Å². The van der Waals surface area contributed by atoms with Gasteiger partial charge in [-0.1, -0.05) is 0 Å². The Labute approximate surface area is 73.7 Å². The van der Waals surface area contributed by atoms with Crippen molar-refractivity contribution < 1.29 is 4.52 Å². The predicted octanol–water partition coefficient (Wildman–Crippen LogP) is 1.13. The summed E-state index contributed by atoms with van der Waals surface area (Å²) in [5, 5.41) is 2.71. The summed E-state index contributed by atoms with van der Waals surface area (Å²) in [5.74, 6) is 0. The third-order valence-corrected chi connectivity index (χ3v) is 1.50. The highest BCUT2D eigenvalue weighted by Crippen LogP contribution is 2.12. The third kappa shape index (κ3) is 1.16. The van der Waals surface area contributed by atoms with Gasteiger partial charge in [0, 0.05) is 5.69 Å². The molecule has 0 atom stereocenters. The molecule has 1 aromatic heterocycles. The molecule has 0 spiro atoms. The first-order valence-corrected chi connectivity index (χ1v) is 3.14. The average Bonchev–Trinajstić information content (AvgIpc) is 2.33. The van der Waals surface area contributed by atoms with E-state index in [1.54, 1.807) is 18.2 Å². The Balaban J connectivity index is 0.000000720. The van der Waals surface area contributed by atoms with E-state index >= 15 is 0 Å². The van der Waals surface area contributed by atoms with Crippen LogP contribution in [0.4, 0.5) is 5.69 Å². The highest BCUT2D eigenvalue weighted by Gasteiger charge is 2.01. The van der Waals surface area contributed by atoms with Crippen LogP contribution >= 0.6 is 12.4 Å². The fourth-order valence-electron chi connectivity index (χ4n) is 0.970. The molecule has 2 aromatic rings. The molecule has 0 amide bonds. The minimum absolute atomic E-state index is 0. The molecule has 0 radical (unpaired) electrons. The summed E-state index contributed by atoms with van der Waals surface area (Å²) in [4.78, 5) is 10.9. The second-order valence-electron chi connectivity index (χ2n) is 2.29. The molecule has 1 aromatic carbocycles. The number of H-pyrrole nitrogens is 1. The zero-order chi connectivity index (χ0) is 7.84. The number of anilines is 1. The van der Waals surface area contributed by atoms with Crippen LogP contribution in [0.25, 0.3) is 11.0 Å². The molecule has 0 aliphatic rings. The lowest BCUT2D eigenvalue weighted by molar-refractivity contribution is 0.449. The molecule has 12 heavy (non-hydrogen) atoms. The molecule has 0 aliphatic carbocycles. The first-order chi connectivity index (χ1) is 5.27. The van der Waals surface area contributed by atoms with Crippen molar-refractivity contribution in [3.05, 3.63) is 28.6 Å². The summed E-state index contributed by atoms with van der Waals surface area (Å²) >= 11 is 0. The van der Waals surface area contributed by atoms with Crippen molar-refractivity contribution in [3.63, 3.8) is 0 Å². The van der Waals surface area contributed by atoms with Gasteiger partial charge in [0.2, 0.25) is 0 Å². The quantitative estimate of drug-likeness (QED) is 0.606. The average molecular weight is 187 g/mol. The van der Waals surface area contributed by atoms with Gasteiger partial charge in [-0.15, -0.1) is 12.4 Å². The minimum Gasteiger partial charge on any atom is -0.399 e. The van der Waals surface area contributed by atoms with Gasteiger partial charge in [-0.2, -0.15) is 5.16 Å².